The number of nitrogens with zero attached hydrogens (tertiary/aromatic N) is 3. The second-order valence-electron chi connectivity index (χ2n) is 4.92. The van der Waals surface area contributed by atoms with E-state index < -0.39 is 0 Å². The van der Waals surface area contributed by atoms with Crippen LogP contribution in [0.5, 0.6) is 0 Å². The highest BCUT2D eigenvalue weighted by molar-refractivity contribution is 7.99. The summed E-state index contributed by atoms with van der Waals surface area (Å²) in [7, 11) is 2.01. The van der Waals surface area contributed by atoms with Crippen molar-refractivity contribution in [3.8, 4) is 6.07 Å². The first kappa shape index (κ1) is 13.4. The van der Waals surface area contributed by atoms with E-state index in [0.717, 1.165) is 37.4 Å². The molecule has 0 radical (unpaired) electrons. The fourth-order valence-corrected chi connectivity index (χ4v) is 3.63. The van der Waals surface area contributed by atoms with Gasteiger partial charge in [-0.1, -0.05) is 18.7 Å². The summed E-state index contributed by atoms with van der Waals surface area (Å²) < 4.78 is 2.04. The third kappa shape index (κ3) is 2.88. The van der Waals surface area contributed by atoms with Crippen LogP contribution in [-0.4, -0.2) is 26.9 Å². The molecule has 0 saturated heterocycles. The predicted molar refractivity (Wildman–Crippen MR) is 73.3 cm³/mol. The molecule has 2 unspecified atom stereocenters. The molecule has 4 nitrogen and oxygen atoms in total. The largest absolute Gasteiger partial charge is 0.329 e. The molecule has 1 fully saturated rings. The van der Waals surface area contributed by atoms with Crippen molar-refractivity contribution in [2.24, 2.45) is 7.05 Å². The fraction of sp³-hybridized carbons (Fsp3) is 0.692. The summed E-state index contributed by atoms with van der Waals surface area (Å²) in [6.07, 6.45) is 7.81. The van der Waals surface area contributed by atoms with Crippen molar-refractivity contribution in [2.75, 3.05) is 6.54 Å². The van der Waals surface area contributed by atoms with Crippen molar-refractivity contribution < 1.29 is 0 Å². The molecule has 18 heavy (non-hydrogen) atoms. The van der Waals surface area contributed by atoms with Gasteiger partial charge in [0.25, 0.3) is 0 Å². The van der Waals surface area contributed by atoms with Crippen molar-refractivity contribution in [3.63, 3.8) is 0 Å². The molecule has 1 aliphatic rings. The molecule has 1 aliphatic carbocycles. The zero-order valence-electron chi connectivity index (χ0n) is 11.0. The number of nitriles is 1. The predicted octanol–water partition coefficient (Wildman–Crippen LogP) is 2.33. The minimum Gasteiger partial charge on any atom is -0.329 e. The Labute approximate surface area is 113 Å². The van der Waals surface area contributed by atoms with E-state index >= 15 is 0 Å². The quantitative estimate of drug-likeness (QED) is 0.887. The van der Waals surface area contributed by atoms with Crippen LogP contribution in [0.2, 0.25) is 0 Å². The monoisotopic (exact) mass is 264 g/mol. The molecule has 1 saturated carbocycles. The van der Waals surface area contributed by atoms with Gasteiger partial charge in [-0.3, -0.25) is 5.32 Å². The molecule has 0 aliphatic heterocycles. The summed E-state index contributed by atoms with van der Waals surface area (Å²) in [6.45, 7) is 3.06. The molecule has 0 amide bonds. The molecule has 1 N–H and O–H groups in total. The van der Waals surface area contributed by atoms with E-state index in [4.69, 9.17) is 0 Å². The Bertz CT molecular complexity index is 436. The third-order valence-corrected chi connectivity index (χ3v) is 4.79. The van der Waals surface area contributed by atoms with Crippen molar-refractivity contribution in [3.05, 3.63) is 12.4 Å². The van der Waals surface area contributed by atoms with Crippen molar-refractivity contribution in [2.45, 2.75) is 48.6 Å². The summed E-state index contributed by atoms with van der Waals surface area (Å²) in [5, 5.41) is 14.4. The summed E-state index contributed by atoms with van der Waals surface area (Å²) in [5.41, 5.74) is -0.307. The highest BCUT2D eigenvalue weighted by Crippen LogP contribution is 2.39. The van der Waals surface area contributed by atoms with Crippen LogP contribution in [0.4, 0.5) is 0 Å². The van der Waals surface area contributed by atoms with Crippen molar-refractivity contribution in [1.82, 2.24) is 14.9 Å². The van der Waals surface area contributed by atoms with Crippen LogP contribution >= 0.6 is 11.8 Å². The van der Waals surface area contributed by atoms with E-state index in [1.807, 2.05) is 24.0 Å². The highest BCUT2D eigenvalue weighted by atomic mass is 32.2. The normalized spacial score (nSPS) is 27.3. The lowest BCUT2D eigenvalue weighted by Gasteiger charge is -2.22. The van der Waals surface area contributed by atoms with Gasteiger partial charge in [0, 0.05) is 24.7 Å². The van der Waals surface area contributed by atoms with Crippen LogP contribution in [-0.2, 0) is 7.05 Å². The number of hydrogen-bond acceptors (Lipinski definition) is 4. The first-order valence-corrected chi connectivity index (χ1v) is 7.37. The number of nitrogens with one attached hydrogen (secondary N) is 1. The van der Waals surface area contributed by atoms with E-state index in [9.17, 15) is 5.26 Å². The van der Waals surface area contributed by atoms with Gasteiger partial charge < -0.3 is 4.57 Å². The maximum Gasteiger partial charge on any atom is 0.167 e. The van der Waals surface area contributed by atoms with Gasteiger partial charge in [-0.15, -0.1) is 0 Å². The first-order chi connectivity index (χ1) is 8.69. The number of thioether (sulfide) groups is 1. The van der Waals surface area contributed by atoms with E-state index in [1.165, 1.54) is 0 Å². The Hall–Kier alpha value is -0.990. The highest BCUT2D eigenvalue weighted by Gasteiger charge is 2.39. The topological polar surface area (TPSA) is 53.6 Å². The molecular weight excluding hydrogens is 244 g/mol. The Morgan fingerprint density at radius 3 is 3.17 bits per heavy atom. The van der Waals surface area contributed by atoms with Crippen LogP contribution in [0, 0.1) is 11.3 Å². The number of imidazole rings is 1. The van der Waals surface area contributed by atoms with Gasteiger partial charge in [0.05, 0.1) is 6.07 Å². The lowest BCUT2D eigenvalue weighted by molar-refractivity contribution is 0.424. The zero-order valence-corrected chi connectivity index (χ0v) is 11.8. The number of aromatic nitrogens is 2. The van der Waals surface area contributed by atoms with Gasteiger partial charge in [0.2, 0.25) is 0 Å². The summed E-state index contributed by atoms with van der Waals surface area (Å²) in [4.78, 5) is 4.34. The molecule has 2 rings (SSSR count). The minimum absolute atomic E-state index is 0.307. The molecule has 1 aromatic rings. The standard InChI is InChI=1S/C13H20N4S/c1-3-6-16-13(10-14)5-4-11(9-13)18-12-15-7-8-17(12)2/h7-8,11,16H,3-6,9H2,1-2H3. The molecule has 0 aromatic carbocycles. The summed E-state index contributed by atoms with van der Waals surface area (Å²) in [5.74, 6) is 0. The molecule has 0 bridgehead atoms. The molecule has 2 atom stereocenters. The molecular formula is C13H20N4S. The molecule has 0 spiro atoms. The van der Waals surface area contributed by atoms with Gasteiger partial charge in [-0.05, 0) is 32.2 Å². The maximum atomic E-state index is 9.40. The third-order valence-electron chi connectivity index (χ3n) is 3.45. The summed E-state index contributed by atoms with van der Waals surface area (Å²) >= 11 is 1.80. The minimum atomic E-state index is -0.307. The van der Waals surface area contributed by atoms with E-state index in [2.05, 4.69) is 23.3 Å². The lowest BCUT2D eigenvalue weighted by Crippen LogP contribution is -2.42. The number of rotatable bonds is 5. The Morgan fingerprint density at radius 1 is 1.72 bits per heavy atom. The second kappa shape index (κ2) is 5.77. The number of hydrogen-bond donors (Lipinski definition) is 1. The average molecular weight is 264 g/mol. The zero-order chi connectivity index (χ0) is 13.0. The van der Waals surface area contributed by atoms with Crippen molar-refractivity contribution in [1.29, 1.82) is 5.26 Å². The average Bonchev–Trinajstić information content (AvgIpc) is 2.96. The summed E-state index contributed by atoms with van der Waals surface area (Å²) in [6, 6.07) is 2.48. The maximum absolute atomic E-state index is 9.40. The second-order valence-corrected chi connectivity index (χ2v) is 6.19. The molecule has 1 aromatic heterocycles. The van der Waals surface area contributed by atoms with Crippen LogP contribution in [0.15, 0.2) is 17.6 Å². The Morgan fingerprint density at radius 2 is 2.56 bits per heavy atom. The van der Waals surface area contributed by atoms with Gasteiger partial charge in [0.1, 0.15) is 5.54 Å². The van der Waals surface area contributed by atoms with Crippen LogP contribution in [0.25, 0.3) is 0 Å². The lowest BCUT2D eigenvalue weighted by atomic mass is 10.00. The van der Waals surface area contributed by atoms with Gasteiger partial charge in [-0.2, -0.15) is 5.26 Å². The van der Waals surface area contributed by atoms with E-state index in [0.29, 0.717) is 5.25 Å². The first-order valence-electron chi connectivity index (χ1n) is 6.49. The molecule has 5 heteroatoms. The number of aryl methyl sites for hydroxylation is 1. The smallest absolute Gasteiger partial charge is 0.167 e. The molecule has 98 valence electrons. The van der Waals surface area contributed by atoms with E-state index in [1.54, 1.807) is 11.8 Å². The van der Waals surface area contributed by atoms with Gasteiger partial charge >= 0.3 is 0 Å². The SMILES string of the molecule is CCCNC1(C#N)CCC(Sc2nccn2C)C1. The van der Waals surface area contributed by atoms with Crippen LogP contribution < -0.4 is 5.32 Å². The Kier molecular flexibility index (Phi) is 4.31. The van der Waals surface area contributed by atoms with Crippen LogP contribution in [0.3, 0.4) is 0 Å². The van der Waals surface area contributed by atoms with E-state index in [-0.39, 0.29) is 5.54 Å². The Balaban J connectivity index is 1.95. The fourth-order valence-electron chi connectivity index (χ4n) is 2.38. The van der Waals surface area contributed by atoms with Crippen molar-refractivity contribution >= 4 is 11.8 Å². The van der Waals surface area contributed by atoms with Gasteiger partial charge in [-0.25, -0.2) is 4.98 Å². The molecule has 1 heterocycles. The van der Waals surface area contributed by atoms with Crippen LogP contribution in [0.1, 0.15) is 32.6 Å². The van der Waals surface area contributed by atoms with Gasteiger partial charge in [0.15, 0.2) is 5.16 Å².